The number of amides is 2. The zero-order valence-corrected chi connectivity index (χ0v) is 10.4. The zero-order valence-electron chi connectivity index (χ0n) is 10.4. The number of hydrogen-bond acceptors (Lipinski definition) is 4. The highest BCUT2D eigenvalue weighted by Crippen LogP contribution is 2.23. The summed E-state index contributed by atoms with van der Waals surface area (Å²) in [5.74, 6) is 0.0233. The maximum atomic E-state index is 11.8. The predicted molar refractivity (Wildman–Crippen MR) is 76.3 cm³/mol. The van der Waals surface area contributed by atoms with Crippen LogP contribution in [0.3, 0.4) is 0 Å². The monoisotopic (exact) mass is 268 g/mol. The Bertz CT molecular complexity index is 692. The van der Waals surface area contributed by atoms with Gasteiger partial charge in [0.15, 0.2) is 0 Å². The van der Waals surface area contributed by atoms with Gasteiger partial charge in [-0.2, -0.15) is 5.26 Å². The molecule has 20 heavy (non-hydrogen) atoms. The molecule has 0 aliphatic rings. The lowest BCUT2D eigenvalue weighted by Crippen LogP contribution is -2.20. The first-order valence-corrected chi connectivity index (χ1v) is 5.75. The van der Waals surface area contributed by atoms with E-state index in [1.165, 1.54) is 18.2 Å². The summed E-state index contributed by atoms with van der Waals surface area (Å²) in [6.07, 6.45) is 0. The second-order valence-electron chi connectivity index (χ2n) is 4.04. The molecule has 6 nitrogen and oxygen atoms in total. The number of phenolic OH excluding ortho intramolecular Hbond substituents is 1. The van der Waals surface area contributed by atoms with Crippen LogP contribution in [0.4, 0.5) is 21.9 Å². The van der Waals surface area contributed by atoms with Crippen LogP contribution in [0.15, 0.2) is 42.5 Å². The van der Waals surface area contributed by atoms with Gasteiger partial charge in [0.2, 0.25) is 0 Å². The van der Waals surface area contributed by atoms with E-state index in [4.69, 9.17) is 11.0 Å². The molecule has 0 aliphatic heterocycles. The molecule has 0 saturated carbocycles. The third kappa shape index (κ3) is 3.17. The summed E-state index contributed by atoms with van der Waals surface area (Å²) in [6.45, 7) is 0. The number of aromatic hydroxyl groups is 1. The van der Waals surface area contributed by atoms with E-state index < -0.39 is 6.03 Å². The van der Waals surface area contributed by atoms with Crippen molar-refractivity contribution in [1.29, 1.82) is 5.26 Å². The lowest BCUT2D eigenvalue weighted by Gasteiger charge is -2.10. The fourth-order valence-corrected chi connectivity index (χ4v) is 1.62. The number of carbonyl (C=O) groups is 1. The summed E-state index contributed by atoms with van der Waals surface area (Å²) in [7, 11) is 0. The number of phenols is 1. The van der Waals surface area contributed by atoms with Crippen LogP contribution in [0.2, 0.25) is 0 Å². The number of nitrogen functional groups attached to an aromatic ring is 1. The molecule has 2 aromatic rings. The Kier molecular flexibility index (Phi) is 3.72. The van der Waals surface area contributed by atoms with Gasteiger partial charge in [0, 0.05) is 11.8 Å². The number of anilines is 3. The molecule has 0 aliphatic carbocycles. The number of nitrogens with zero attached hydrogens (tertiary/aromatic N) is 1. The van der Waals surface area contributed by atoms with Crippen LogP contribution in [0.5, 0.6) is 5.75 Å². The first-order chi connectivity index (χ1) is 9.58. The number of hydrogen-bond donors (Lipinski definition) is 4. The first kappa shape index (κ1) is 13.2. The highest BCUT2D eigenvalue weighted by molar-refractivity contribution is 6.01. The molecular weight excluding hydrogens is 256 g/mol. The molecule has 0 heterocycles. The molecule has 5 N–H and O–H groups in total. The maximum absolute atomic E-state index is 11.8. The van der Waals surface area contributed by atoms with E-state index >= 15 is 0 Å². The van der Waals surface area contributed by atoms with E-state index in [2.05, 4.69) is 10.6 Å². The molecule has 0 fully saturated rings. The Morgan fingerprint density at radius 1 is 1.20 bits per heavy atom. The largest absolute Gasteiger partial charge is 0.508 e. The standard InChI is InChI=1S/C14H12N4O2/c15-8-9-2-1-3-10(6-9)17-14(20)18-13-5-4-11(19)7-12(13)16/h1-7,19H,16H2,(H2,17,18,20). The highest BCUT2D eigenvalue weighted by Gasteiger charge is 2.06. The zero-order chi connectivity index (χ0) is 14.5. The molecule has 2 rings (SSSR count). The number of nitrogens with one attached hydrogen (secondary N) is 2. The third-order valence-electron chi connectivity index (χ3n) is 2.53. The van der Waals surface area contributed by atoms with Crippen molar-refractivity contribution in [2.24, 2.45) is 0 Å². The van der Waals surface area contributed by atoms with E-state index in [0.717, 1.165) is 0 Å². The summed E-state index contributed by atoms with van der Waals surface area (Å²) >= 11 is 0. The van der Waals surface area contributed by atoms with Crippen LogP contribution in [0.1, 0.15) is 5.56 Å². The normalized spacial score (nSPS) is 9.55. The number of rotatable bonds is 2. The smallest absolute Gasteiger partial charge is 0.323 e. The SMILES string of the molecule is N#Cc1cccc(NC(=O)Nc2ccc(O)cc2N)c1. The third-order valence-corrected chi connectivity index (χ3v) is 2.53. The van der Waals surface area contributed by atoms with Crippen molar-refractivity contribution in [3.05, 3.63) is 48.0 Å². The van der Waals surface area contributed by atoms with E-state index in [1.807, 2.05) is 6.07 Å². The van der Waals surface area contributed by atoms with E-state index in [0.29, 0.717) is 16.9 Å². The van der Waals surface area contributed by atoms with Gasteiger partial charge in [-0.1, -0.05) is 6.07 Å². The Balaban J connectivity index is 2.07. The van der Waals surface area contributed by atoms with Crippen molar-refractivity contribution in [3.63, 3.8) is 0 Å². The molecule has 2 amide bonds. The minimum absolute atomic E-state index is 0.0233. The molecule has 0 spiro atoms. The van der Waals surface area contributed by atoms with Gasteiger partial charge in [-0.05, 0) is 30.3 Å². The first-order valence-electron chi connectivity index (χ1n) is 5.75. The molecule has 6 heteroatoms. The van der Waals surface area contributed by atoms with Crippen LogP contribution in [0.25, 0.3) is 0 Å². The summed E-state index contributed by atoms with van der Waals surface area (Å²) in [4.78, 5) is 11.8. The number of carbonyl (C=O) groups excluding carboxylic acids is 1. The van der Waals surface area contributed by atoms with Crippen LogP contribution in [-0.4, -0.2) is 11.1 Å². The fourth-order valence-electron chi connectivity index (χ4n) is 1.62. The van der Waals surface area contributed by atoms with Gasteiger partial charge in [0.05, 0.1) is 23.0 Å². The molecule has 0 aromatic heterocycles. The van der Waals surface area contributed by atoms with E-state index in [9.17, 15) is 9.90 Å². The van der Waals surface area contributed by atoms with Crippen molar-refractivity contribution in [3.8, 4) is 11.8 Å². The molecule has 100 valence electrons. The summed E-state index contributed by atoms with van der Waals surface area (Å²) in [6, 6.07) is 12.3. The maximum Gasteiger partial charge on any atom is 0.323 e. The molecule has 0 radical (unpaired) electrons. The quantitative estimate of drug-likeness (QED) is 0.495. The molecule has 0 unspecified atom stereocenters. The Morgan fingerprint density at radius 3 is 2.70 bits per heavy atom. The van der Waals surface area contributed by atoms with Crippen LogP contribution in [-0.2, 0) is 0 Å². The van der Waals surface area contributed by atoms with Crippen LogP contribution < -0.4 is 16.4 Å². The Morgan fingerprint density at radius 2 is 2.00 bits per heavy atom. The van der Waals surface area contributed by atoms with Gasteiger partial charge < -0.3 is 21.5 Å². The van der Waals surface area contributed by atoms with Gasteiger partial charge in [0.25, 0.3) is 0 Å². The van der Waals surface area contributed by atoms with Crippen LogP contribution >= 0.6 is 0 Å². The van der Waals surface area contributed by atoms with Crippen molar-refractivity contribution < 1.29 is 9.90 Å². The average molecular weight is 268 g/mol. The fraction of sp³-hybridized carbons (Fsp3) is 0. The Labute approximate surface area is 115 Å². The number of benzene rings is 2. The van der Waals surface area contributed by atoms with E-state index in [-0.39, 0.29) is 11.4 Å². The van der Waals surface area contributed by atoms with Gasteiger partial charge in [-0.3, -0.25) is 0 Å². The van der Waals surface area contributed by atoms with Crippen molar-refractivity contribution in [2.75, 3.05) is 16.4 Å². The minimum atomic E-state index is -0.488. The molecular formula is C14H12N4O2. The summed E-state index contributed by atoms with van der Waals surface area (Å²) < 4.78 is 0. The number of urea groups is 1. The molecule has 2 aromatic carbocycles. The van der Waals surface area contributed by atoms with Crippen LogP contribution in [0, 0.1) is 11.3 Å². The van der Waals surface area contributed by atoms with Crippen molar-refractivity contribution >= 4 is 23.1 Å². The summed E-state index contributed by atoms with van der Waals surface area (Å²) in [5.41, 5.74) is 7.25. The van der Waals surface area contributed by atoms with Gasteiger partial charge in [0.1, 0.15) is 5.75 Å². The number of nitriles is 1. The topological polar surface area (TPSA) is 111 Å². The van der Waals surface area contributed by atoms with Gasteiger partial charge in [-0.25, -0.2) is 4.79 Å². The molecule has 0 atom stereocenters. The molecule has 0 bridgehead atoms. The minimum Gasteiger partial charge on any atom is -0.508 e. The number of nitrogens with two attached hydrogens (primary N) is 1. The second kappa shape index (κ2) is 5.63. The average Bonchev–Trinajstić information content (AvgIpc) is 2.42. The van der Waals surface area contributed by atoms with Gasteiger partial charge >= 0.3 is 6.03 Å². The van der Waals surface area contributed by atoms with Crippen molar-refractivity contribution in [1.82, 2.24) is 0 Å². The molecule has 0 saturated heterocycles. The van der Waals surface area contributed by atoms with Crippen molar-refractivity contribution in [2.45, 2.75) is 0 Å². The lowest BCUT2D eigenvalue weighted by atomic mass is 10.2. The highest BCUT2D eigenvalue weighted by atomic mass is 16.3. The summed E-state index contributed by atoms with van der Waals surface area (Å²) in [5, 5.41) is 23.1. The van der Waals surface area contributed by atoms with E-state index in [1.54, 1.807) is 24.3 Å². The predicted octanol–water partition coefficient (Wildman–Crippen LogP) is 2.49. The van der Waals surface area contributed by atoms with Gasteiger partial charge in [-0.15, -0.1) is 0 Å². The second-order valence-corrected chi connectivity index (χ2v) is 4.04. The lowest BCUT2D eigenvalue weighted by molar-refractivity contribution is 0.262. The Hall–Kier alpha value is -3.20.